The molecule has 0 unspecified atom stereocenters. The third-order valence-electron chi connectivity index (χ3n) is 4.84. The summed E-state index contributed by atoms with van der Waals surface area (Å²) in [5.41, 5.74) is 1.25. The zero-order valence-electron chi connectivity index (χ0n) is 16.6. The molecule has 1 N–H and O–H groups in total. The van der Waals surface area contributed by atoms with Gasteiger partial charge in [0.15, 0.2) is 0 Å². The molecule has 3 rings (SSSR count). The van der Waals surface area contributed by atoms with Gasteiger partial charge in [-0.3, -0.25) is 9.59 Å². The first-order valence-electron chi connectivity index (χ1n) is 9.60. The second-order valence-corrected chi connectivity index (χ2v) is 7.32. The van der Waals surface area contributed by atoms with E-state index in [0.717, 1.165) is 5.56 Å². The Morgan fingerprint density at radius 2 is 1.89 bits per heavy atom. The number of hydrogen-bond donors (Lipinski definition) is 1. The van der Waals surface area contributed by atoms with Crippen LogP contribution in [0.15, 0.2) is 30.3 Å². The van der Waals surface area contributed by atoms with E-state index in [2.05, 4.69) is 15.6 Å². The van der Waals surface area contributed by atoms with Crippen molar-refractivity contribution < 1.29 is 14.3 Å². The van der Waals surface area contributed by atoms with Crippen molar-refractivity contribution in [3.05, 3.63) is 41.6 Å². The second kappa shape index (κ2) is 8.86. The average molecular weight is 385 g/mol. The summed E-state index contributed by atoms with van der Waals surface area (Å²) in [5.74, 6) is 0.156. The van der Waals surface area contributed by atoms with Gasteiger partial charge in [-0.15, -0.1) is 5.10 Å². The zero-order chi connectivity index (χ0) is 20.1. The number of benzene rings is 1. The van der Waals surface area contributed by atoms with Crippen LogP contribution in [-0.2, 0) is 11.3 Å². The molecule has 150 valence electrons. The van der Waals surface area contributed by atoms with Crippen molar-refractivity contribution in [2.45, 2.75) is 39.3 Å². The SMILES string of the molecule is COc1c(C(=O)N2CCC(C(=O)NC(C)C)CC2)nnn1Cc1ccccc1. The van der Waals surface area contributed by atoms with E-state index in [1.54, 1.807) is 9.58 Å². The van der Waals surface area contributed by atoms with Crippen LogP contribution < -0.4 is 10.1 Å². The summed E-state index contributed by atoms with van der Waals surface area (Å²) in [6.07, 6.45) is 1.29. The van der Waals surface area contributed by atoms with E-state index in [9.17, 15) is 9.59 Å². The van der Waals surface area contributed by atoms with Crippen molar-refractivity contribution in [3.8, 4) is 5.88 Å². The van der Waals surface area contributed by atoms with Gasteiger partial charge in [-0.1, -0.05) is 35.5 Å². The van der Waals surface area contributed by atoms with Crippen LogP contribution >= 0.6 is 0 Å². The number of methoxy groups -OCH3 is 1. The van der Waals surface area contributed by atoms with Crippen LogP contribution in [0.5, 0.6) is 5.88 Å². The summed E-state index contributed by atoms with van der Waals surface area (Å²) in [5, 5.41) is 11.1. The quantitative estimate of drug-likeness (QED) is 0.818. The molecule has 2 aromatic rings. The highest BCUT2D eigenvalue weighted by molar-refractivity contribution is 5.94. The molecule has 0 radical (unpaired) electrons. The standard InChI is InChI=1S/C20H27N5O3/c1-14(2)21-18(26)16-9-11-24(12-10-16)19(27)17-20(28-3)25(23-22-17)13-15-7-5-4-6-8-15/h4-8,14,16H,9-13H2,1-3H3,(H,21,26). The number of rotatable bonds is 6. The van der Waals surface area contributed by atoms with Crippen molar-refractivity contribution in [1.29, 1.82) is 0 Å². The molecule has 1 fully saturated rings. The average Bonchev–Trinajstić information content (AvgIpc) is 3.10. The molecule has 1 aromatic carbocycles. The normalized spacial score (nSPS) is 14.9. The highest BCUT2D eigenvalue weighted by Crippen LogP contribution is 2.23. The van der Waals surface area contributed by atoms with Gasteiger partial charge < -0.3 is 15.0 Å². The monoisotopic (exact) mass is 385 g/mol. The molecule has 2 heterocycles. The van der Waals surface area contributed by atoms with Crippen LogP contribution in [0.4, 0.5) is 0 Å². The van der Waals surface area contributed by atoms with E-state index in [4.69, 9.17) is 4.74 Å². The van der Waals surface area contributed by atoms with Gasteiger partial charge in [-0.25, -0.2) is 4.68 Å². The molecule has 0 spiro atoms. The molecule has 28 heavy (non-hydrogen) atoms. The Kier molecular flexibility index (Phi) is 6.28. The minimum Gasteiger partial charge on any atom is -0.479 e. The molecule has 0 bridgehead atoms. The minimum atomic E-state index is -0.209. The van der Waals surface area contributed by atoms with Crippen LogP contribution in [-0.4, -0.2) is 57.9 Å². The topological polar surface area (TPSA) is 89.3 Å². The zero-order valence-corrected chi connectivity index (χ0v) is 16.6. The predicted octanol–water partition coefficient (Wildman–Crippen LogP) is 1.71. The molecular formula is C20H27N5O3. The maximum atomic E-state index is 12.9. The van der Waals surface area contributed by atoms with E-state index >= 15 is 0 Å². The van der Waals surface area contributed by atoms with Crippen LogP contribution in [0.2, 0.25) is 0 Å². The number of hydrogen-bond acceptors (Lipinski definition) is 5. The first-order valence-corrected chi connectivity index (χ1v) is 9.60. The summed E-state index contributed by atoms with van der Waals surface area (Å²) in [7, 11) is 1.51. The summed E-state index contributed by atoms with van der Waals surface area (Å²) in [4.78, 5) is 26.8. The summed E-state index contributed by atoms with van der Waals surface area (Å²) in [6, 6.07) is 9.93. The van der Waals surface area contributed by atoms with Gasteiger partial charge in [0.25, 0.3) is 5.91 Å². The maximum absolute atomic E-state index is 12.9. The fraction of sp³-hybridized carbons (Fsp3) is 0.500. The molecule has 1 aliphatic heterocycles. The van der Waals surface area contributed by atoms with Gasteiger partial charge in [-0.2, -0.15) is 0 Å². The van der Waals surface area contributed by atoms with Gasteiger partial charge >= 0.3 is 0 Å². The molecule has 0 atom stereocenters. The second-order valence-electron chi connectivity index (χ2n) is 7.32. The van der Waals surface area contributed by atoms with Crippen LogP contribution in [0.25, 0.3) is 0 Å². The van der Waals surface area contributed by atoms with E-state index in [1.165, 1.54) is 7.11 Å². The molecule has 1 aliphatic rings. The Bertz CT molecular complexity index is 811. The number of piperidine rings is 1. The van der Waals surface area contributed by atoms with Crippen molar-refractivity contribution in [2.24, 2.45) is 5.92 Å². The number of nitrogens with zero attached hydrogens (tertiary/aromatic N) is 4. The van der Waals surface area contributed by atoms with Gasteiger partial charge in [0.1, 0.15) is 0 Å². The lowest BCUT2D eigenvalue weighted by Crippen LogP contribution is -2.44. The smallest absolute Gasteiger partial charge is 0.280 e. The number of likely N-dealkylation sites (tertiary alicyclic amines) is 1. The summed E-state index contributed by atoms with van der Waals surface area (Å²) >= 11 is 0. The molecule has 1 saturated heterocycles. The Labute approximate surface area is 164 Å². The van der Waals surface area contributed by atoms with Crippen molar-refractivity contribution >= 4 is 11.8 Å². The number of amides is 2. The van der Waals surface area contributed by atoms with E-state index in [0.29, 0.717) is 38.4 Å². The third-order valence-corrected chi connectivity index (χ3v) is 4.84. The predicted molar refractivity (Wildman–Crippen MR) is 104 cm³/mol. The molecule has 0 aliphatic carbocycles. The van der Waals surface area contributed by atoms with Gasteiger partial charge in [0.2, 0.25) is 17.5 Å². The van der Waals surface area contributed by atoms with E-state index < -0.39 is 0 Å². The molecule has 1 aromatic heterocycles. The fourth-order valence-electron chi connectivity index (χ4n) is 3.40. The highest BCUT2D eigenvalue weighted by atomic mass is 16.5. The minimum absolute atomic E-state index is 0.0536. The number of ether oxygens (including phenoxy) is 1. The molecule has 8 heteroatoms. The Morgan fingerprint density at radius 3 is 2.50 bits per heavy atom. The van der Waals surface area contributed by atoms with Crippen LogP contribution in [0.3, 0.4) is 0 Å². The Morgan fingerprint density at radius 1 is 1.21 bits per heavy atom. The third kappa shape index (κ3) is 4.49. The molecule has 2 amide bonds. The number of aromatic nitrogens is 3. The molecule has 0 saturated carbocycles. The lowest BCUT2D eigenvalue weighted by atomic mass is 9.95. The number of carbonyl (C=O) groups is 2. The van der Waals surface area contributed by atoms with Crippen molar-refractivity contribution in [1.82, 2.24) is 25.2 Å². The van der Waals surface area contributed by atoms with Gasteiger partial charge in [-0.05, 0) is 32.3 Å². The van der Waals surface area contributed by atoms with Crippen molar-refractivity contribution in [3.63, 3.8) is 0 Å². The van der Waals surface area contributed by atoms with Crippen LogP contribution in [0.1, 0.15) is 42.7 Å². The van der Waals surface area contributed by atoms with Crippen LogP contribution in [0, 0.1) is 5.92 Å². The Hall–Kier alpha value is -2.90. The summed E-state index contributed by atoms with van der Waals surface area (Å²) in [6.45, 7) is 5.40. The fourth-order valence-corrected chi connectivity index (χ4v) is 3.40. The first-order chi connectivity index (χ1) is 13.5. The molecule has 8 nitrogen and oxygen atoms in total. The summed E-state index contributed by atoms with van der Waals surface area (Å²) < 4.78 is 7.02. The largest absolute Gasteiger partial charge is 0.479 e. The highest BCUT2D eigenvalue weighted by Gasteiger charge is 2.31. The number of carbonyl (C=O) groups excluding carboxylic acids is 2. The first kappa shape index (κ1) is 19.9. The van der Waals surface area contributed by atoms with Gasteiger partial charge in [0.05, 0.1) is 13.7 Å². The van der Waals surface area contributed by atoms with Crippen molar-refractivity contribution in [2.75, 3.05) is 20.2 Å². The van der Waals surface area contributed by atoms with E-state index in [-0.39, 0.29) is 29.5 Å². The van der Waals surface area contributed by atoms with Gasteiger partial charge in [0, 0.05) is 25.0 Å². The molecular weight excluding hydrogens is 358 g/mol. The lowest BCUT2D eigenvalue weighted by Gasteiger charge is -2.31. The number of nitrogens with one attached hydrogen (secondary N) is 1. The van der Waals surface area contributed by atoms with E-state index in [1.807, 2.05) is 44.2 Å². The Balaban J connectivity index is 1.66. The lowest BCUT2D eigenvalue weighted by molar-refractivity contribution is -0.126. The maximum Gasteiger partial charge on any atom is 0.280 e.